The van der Waals surface area contributed by atoms with Crippen LogP contribution in [0, 0.1) is 12.7 Å². The van der Waals surface area contributed by atoms with Gasteiger partial charge in [-0.05, 0) is 35.0 Å². The van der Waals surface area contributed by atoms with E-state index in [0.29, 0.717) is 11.4 Å². The minimum Gasteiger partial charge on any atom is -0.319 e. The third-order valence-corrected chi connectivity index (χ3v) is 3.07. The fraction of sp³-hybridized carbons (Fsp3) is 0.167. The molecule has 0 atom stereocenters. The fourth-order valence-corrected chi connectivity index (χ4v) is 1.96. The second kappa shape index (κ2) is 4.89. The Hall–Kier alpha value is -1.69. The number of aryl methyl sites for hydroxylation is 2. The highest BCUT2D eigenvalue weighted by molar-refractivity contribution is 9.10. The van der Waals surface area contributed by atoms with Crippen LogP contribution in [0.15, 0.2) is 28.9 Å². The van der Waals surface area contributed by atoms with Gasteiger partial charge >= 0.3 is 0 Å². The molecule has 94 valence electrons. The number of carbonyl (C=O) groups is 1. The van der Waals surface area contributed by atoms with Gasteiger partial charge in [0.15, 0.2) is 0 Å². The Morgan fingerprint density at radius 1 is 1.50 bits per heavy atom. The largest absolute Gasteiger partial charge is 0.319 e. The van der Waals surface area contributed by atoms with Crippen LogP contribution in [-0.2, 0) is 7.05 Å². The molecule has 0 aliphatic carbocycles. The normalized spacial score (nSPS) is 10.4. The van der Waals surface area contributed by atoms with Crippen molar-refractivity contribution in [3.63, 3.8) is 0 Å². The highest BCUT2D eigenvalue weighted by Crippen LogP contribution is 2.20. The van der Waals surface area contributed by atoms with E-state index < -0.39 is 11.7 Å². The van der Waals surface area contributed by atoms with Crippen LogP contribution >= 0.6 is 15.9 Å². The van der Waals surface area contributed by atoms with E-state index in [2.05, 4.69) is 26.3 Å². The molecule has 0 saturated carbocycles. The molecule has 0 saturated heterocycles. The van der Waals surface area contributed by atoms with Crippen molar-refractivity contribution in [1.82, 2.24) is 9.78 Å². The van der Waals surface area contributed by atoms with Crippen molar-refractivity contribution in [2.24, 2.45) is 7.05 Å². The fourth-order valence-electron chi connectivity index (χ4n) is 1.59. The van der Waals surface area contributed by atoms with Crippen LogP contribution in [0.1, 0.15) is 16.1 Å². The van der Waals surface area contributed by atoms with Crippen LogP contribution in [0.5, 0.6) is 0 Å². The first kappa shape index (κ1) is 12.8. The topological polar surface area (TPSA) is 46.9 Å². The lowest BCUT2D eigenvalue weighted by Gasteiger charge is -2.05. The Morgan fingerprint density at radius 3 is 2.83 bits per heavy atom. The number of benzene rings is 1. The van der Waals surface area contributed by atoms with Gasteiger partial charge in [0.05, 0.1) is 21.4 Å². The maximum Gasteiger partial charge on any atom is 0.258 e. The van der Waals surface area contributed by atoms with E-state index in [1.54, 1.807) is 37.0 Å². The van der Waals surface area contributed by atoms with Crippen molar-refractivity contribution in [3.05, 3.63) is 45.9 Å². The van der Waals surface area contributed by atoms with Gasteiger partial charge in [0.25, 0.3) is 5.91 Å². The zero-order chi connectivity index (χ0) is 13.3. The van der Waals surface area contributed by atoms with Crippen molar-refractivity contribution in [1.29, 1.82) is 0 Å². The number of amides is 1. The van der Waals surface area contributed by atoms with E-state index >= 15 is 0 Å². The number of hydrogen-bond acceptors (Lipinski definition) is 2. The molecular weight excluding hydrogens is 301 g/mol. The summed E-state index contributed by atoms with van der Waals surface area (Å²) in [6.45, 7) is 1.77. The SMILES string of the molecule is Cc1nn(C)cc1NC(=O)c1cccc(Br)c1F. The maximum atomic E-state index is 13.7. The molecule has 0 fully saturated rings. The lowest BCUT2D eigenvalue weighted by molar-refractivity contribution is 0.102. The Balaban J connectivity index is 2.27. The molecule has 1 aromatic heterocycles. The summed E-state index contributed by atoms with van der Waals surface area (Å²) in [6, 6.07) is 4.58. The number of nitrogens with zero attached hydrogens (tertiary/aromatic N) is 2. The highest BCUT2D eigenvalue weighted by atomic mass is 79.9. The van der Waals surface area contributed by atoms with Gasteiger partial charge in [0, 0.05) is 13.2 Å². The summed E-state index contributed by atoms with van der Waals surface area (Å²) in [5, 5.41) is 6.73. The van der Waals surface area contributed by atoms with Gasteiger partial charge < -0.3 is 5.32 Å². The monoisotopic (exact) mass is 311 g/mol. The van der Waals surface area contributed by atoms with Crippen LogP contribution in [-0.4, -0.2) is 15.7 Å². The van der Waals surface area contributed by atoms with Crippen LogP contribution in [0.25, 0.3) is 0 Å². The average molecular weight is 312 g/mol. The molecule has 1 N–H and O–H groups in total. The van der Waals surface area contributed by atoms with Gasteiger partial charge in [-0.3, -0.25) is 9.48 Å². The Bertz CT molecular complexity index is 609. The Morgan fingerprint density at radius 2 is 2.22 bits per heavy atom. The van der Waals surface area contributed by atoms with E-state index in [9.17, 15) is 9.18 Å². The van der Waals surface area contributed by atoms with Crippen LogP contribution in [0.2, 0.25) is 0 Å². The number of anilines is 1. The number of halogens is 2. The molecular formula is C12H11BrFN3O. The molecule has 2 aromatic rings. The van der Waals surface area contributed by atoms with Gasteiger partial charge in [-0.2, -0.15) is 5.10 Å². The summed E-state index contributed by atoms with van der Waals surface area (Å²) >= 11 is 3.05. The molecule has 4 nitrogen and oxygen atoms in total. The highest BCUT2D eigenvalue weighted by Gasteiger charge is 2.15. The van der Waals surface area contributed by atoms with Crippen molar-refractivity contribution in [2.75, 3.05) is 5.32 Å². The van der Waals surface area contributed by atoms with E-state index in [-0.39, 0.29) is 10.0 Å². The van der Waals surface area contributed by atoms with Crippen LogP contribution in [0.4, 0.5) is 10.1 Å². The van der Waals surface area contributed by atoms with E-state index in [1.165, 1.54) is 6.07 Å². The maximum absolute atomic E-state index is 13.7. The zero-order valence-electron chi connectivity index (χ0n) is 9.87. The predicted molar refractivity (Wildman–Crippen MR) is 70.0 cm³/mol. The molecule has 18 heavy (non-hydrogen) atoms. The lowest BCUT2D eigenvalue weighted by Crippen LogP contribution is -2.14. The molecule has 1 amide bonds. The van der Waals surface area contributed by atoms with Crippen LogP contribution < -0.4 is 5.32 Å². The first-order valence-corrected chi connectivity index (χ1v) is 6.04. The third kappa shape index (κ3) is 2.43. The summed E-state index contributed by atoms with van der Waals surface area (Å²) in [7, 11) is 1.75. The second-order valence-electron chi connectivity index (χ2n) is 3.86. The smallest absolute Gasteiger partial charge is 0.258 e. The summed E-state index contributed by atoms with van der Waals surface area (Å²) in [4.78, 5) is 11.9. The summed E-state index contributed by atoms with van der Waals surface area (Å²) in [5.41, 5.74) is 1.25. The van der Waals surface area contributed by atoms with Crippen molar-refractivity contribution >= 4 is 27.5 Å². The van der Waals surface area contributed by atoms with Gasteiger partial charge in [-0.15, -0.1) is 0 Å². The van der Waals surface area contributed by atoms with Gasteiger partial charge in [-0.25, -0.2) is 4.39 Å². The molecule has 0 aliphatic rings. The molecule has 6 heteroatoms. The van der Waals surface area contributed by atoms with E-state index in [4.69, 9.17) is 0 Å². The van der Waals surface area contributed by atoms with E-state index in [0.717, 1.165) is 0 Å². The molecule has 2 rings (SSSR count). The molecule has 1 aromatic carbocycles. The van der Waals surface area contributed by atoms with Crippen molar-refractivity contribution in [3.8, 4) is 0 Å². The molecule has 0 unspecified atom stereocenters. The minimum atomic E-state index is -0.573. The molecule has 0 radical (unpaired) electrons. The van der Waals surface area contributed by atoms with Gasteiger partial charge in [-0.1, -0.05) is 6.07 Å². The predicted octanol–water partition coefficient (Wildman–Crippen LogP) is 2.88. The lowest BCUT2D eigenvalue weighted by atomic mass is 10.2. The van der Waals surface area contributed by atoms with Crippen molar-refractivity contribution in [2.45, 2.75) is 6.92 Å². The number of nitrogens with one attached hydrogen (secondary N) is 1. The van der Waals surface area contributed by atoms with Gasteiger partial charge in [0.1, 0.15) is 5.82 Å². The molecule has 0 spiro atoms. The number of rotatable bonds is 2. The first-order valence-electron chi connectivity index (χ1n) is 5.24. The van der Waals surface area contributed by atoms with Crippen molar-refractivity contribution < 1.29 is 9.18 Å². The molecule has 0 aliphatic heterocycles. The number of hydrogen-bond donors (Lipinski definition) is 1. The Kier molecular flexibility index (Phi) is 3.47. The summed E-state index contributed by atoms with van der Waals surface area (Å²) < 4.78 is 15.6. The molecule has 0 bridgehead atoms. The quantitative estimate of drug-likeness (QED) is 0.927. The summed E-state index contributed by atoms with van der Waals surface area (Å²) in [6.07, 6.45) is 1.67. The van der Waals surface area contributed by atoms with Gasteiger partial charge in [0.2, 0.25) is 0 Å². The average Bonchev–Trinajstić information content (AvgIpc) is 2.61. The van der Waals surface area contributed by atoms with Crippen LogP contribution in [0.3, 0.4) is 0 Å². The minimum absolute atomic E-state index is 0.00683. The number of carbonyl (C=O) groups excluding carboxylic acids is 1. The van der Waals surface area contributed by atoms with E-state index in [1.807, 2.05) is 0 Å². The zero-order valence-corrected chi connectivity index (χ0v) is 11.5. The third-order valence-electron chi connectivity index (χ3n) is 2.46. The standard InChI is InChI=1S/C12H11BrFN3O/c1-7-10(6-17(2)16-7)15-12(18)8-4-3-5-9(13)11(8)14/h3-6H,1-2H3,(H,15,18). The molecule has 1 heterocycles. The summed E-state index contributed by atoms with van der Waals surface area (Å²) in [5.74, 6) is -1.07. The Labute approximate surface area is 112 Å². The second-order valence-corrected chi connectivity index (χ2v) is 4.71. The number of aromatic nitrogens is 2. The first-order chi connectivity index (χ1) is 8.49.